The van der Waals surface area contributed by atoms with Crippen LogP contribution in [0, 0.1) is 0 Å². The van der Waals surface area contributed by atoms with E-state index < -0.39 is 24.3 Å². The van der Waals surface area contributed by atoms with Gasteiger partial charge in [0, 0.05) is 26.6 Å². The van der Waals surface area contributed by atoms with Gasteiger partial charge in [0.05, 0.1) is 18.3 Å². The molecule has 0 saturated heterocycles. The molecule has 0 heterocycles. The Balaban J connectivity index is 0. The van der Waals surface area contributed by atoms with Crippen LogP contribution < -0.4 is 0 Å². The van der Waals surface area contributed by atoms with Crippen molar-refractivity contribution >= 4 is 5.97 Å². The quantitative estimate of drug-likeness (QED) is 0.509. The summed E-state index contributed by atoms with van der Waals surface area (Å²) < 4.78 is 0. The molecule has 0 aromatic rings. The van der Waals surface area contributed by atoms with Crippen molar-refractivity contribution in [3.05, 3.63) is 0 Å². The highest BCUT2D eigenvalue weighted by atomic mass is 16.4. The molecule has 0 aliphatic rings. The summed E-state index contributed by atoms with van der Waals surface area (Å²) in [6, 6.07) is 0. The Morgan fingerprint density at radius 2 is 1.12 bits per heavy atom. The fourth-order valence-corrected chi connectivity index (χ4v) is 1.34. The second-order valence-corrected chi connectivity index (χ2v) is 4.28. The predicted octanol–water partition coefficient (Wildman–Crippen LogP) is -0.478. The summed E-state index contributed by atoms with van der Waals surface area (Å²) in [5.74, 6) is -0.833. The van der Waals surface area contributed by atoms with Crippen LogP contribution in [-0.2, 0) is 4.79 Å². The molecule has 0 radical (unpaired) electrons. The van der Waals surface area contributed by atoms with Gasteiger partial charge in [-0.25, -0.2) is 0 Å². The van der Waals surface area contributed by atoms with E-state index in [1.165, 1.54) is 0 Å². The van der Waals surface area contributed by atoms with E-state index in [0.29, 0.717) is 19.6 Å². The Bertz CT molecular complexity index is 167. The van der Waals surface area contributed by atoms with E-state index in [4.69, 9.17) is 25.2 Å². The van der Waals surface area contributed by atoms with Gasteiger partial charge in [0.2, 0.25) is 0 Å². The van der Waals surface area contributed by atoms with Crippen molar-refractivity contribution in [1.29, 1.82) is 0 Å². The Morgan fingerprint density at radius 1 is 0.941 bits per heavy atom. The molecule has 0 amide bonds. The molecule has 0 rings (SSSR count). The topological polar surface area (TPSA) is 101 Å². The van der Waals surface area contributed by atoms with Crippen LogP contribution in [0.5, 0.6) is 0 Å². The zero-order chi connectivity index (χ0) is 14.0. The number of aliphatic hydroxyl groups is 3. The van der Waals surface area contributed by atoms with Crippen molar-refractivity contribution in [3.63, 3.8) is 0 Å². The van der Waals surface area contributed by atoms with Gasteiger partial charge in [0.1, 0.15) is 0 Å². The summed E-state index contributed by atoms with van der Waals surface area (Å²) in [6.07, 6.45) is -1.30. The van der Waals surface area contributed by atoms with Gasteiger partial charge in [-0.05, 0) is 20.8 Å². The molecular formula is C11H25NO5. The molecule has 0 aliphatic heterocycles. The summed E-state index contributed by atoms with van der Waals surface area (Å²) in [5.41, 5.74) is 0. The van der Waals surface area contributed by atoms with Crippen molar-refractivity contribution in [1.82, 2.24) is 4.90 Å². The number of nitrogens with zero attached hydrogens (tertiary/aromatic N) is 1. The number of hydrogen-bond donors (Lipinski definition) is 4. The van der Waals surface area contributed by atoms with Gasteiger partial charge >= 0.3 is 0 Å². The van der Waals surface area contributed by atoms with Gasteiger partial charge in [-0.3, -0.25) is 9.69 Å². The van der Waals surface area contributed by atoms with Crippen LogP contribution in [0.1, 0.15) is 27.7 Å². The summed E-state index contributed by atoms with van der Waals surface area (Å²) >= 11 is 0. The van der Waals surface area contributed by atoms with Crippen molar-refractivity contribution < 1.29 is 25.2 Å². The first-order chi connectivity index (χ1) is 7.65. The molecule has 0 spiro atoms. The van der Waals surface area contributed by atoms with Gasteiger partial charge < -0.3 is 20.4 Å². The number of rotatable bonds is 6. The third kappa shape index (κ3) is 21.2. The van der Waals surface area contributed by atoms with Gasteiger partial charge in [0.15, 0.2) is 0 Å². The molecule has 104 valence electrons. The average molecular weight is 251 g/mol. The highest BCUT2D eigenvalue weighted by Gasteiger charge is 2.12. The Kier molecular flexibility index (Phi) is 11.5. The summed E-state index contributed by atoms with van der Waals surface area (Å²) in [5, 5.41) is 34.8. The molecule has 6 nitrogen and oxygen atoms in total. The van der Waals surface area contributed by atoms with E-state index in [2.05, 4.69) is 0 Å². The molecule has 0 aromatic heterocycles. The zero-order valence-corrected chi connectivity index (χ0v) is 11.0. The standard InChI is InChI=1S/C9H21NO3.C2H4O2/c1-7(11)4-10(5-8(2)12)6-9(3)13;1-2(3)4/h7-9,11-13H,4-6H2,1-3H3;1H3,(H,3,4). The highest BCUT2D eigenvalue weighted by Crippen LogP contribution is 1.97. The Morgan fingerprint density at radius 3 is 1.24 bits per heavy atom. The predicted molar refractivity (Wildman–Crippen MR) is 64.8 cm³/mol. The number of carbonyl (C=O) groups is 1. The van der Waals surface area contributed by atoms with Crippen molar-refractivity contribution in [2.75, 3.05) is 19.6 Å². The maximum Gasteiger partial charge on any atom is 0.300 e. The summed E-state index contributed by atoms with van der Waals surface area (Å²) in [4.78, 5) is 10.8. The lowest BCUT2D eigenvalue weighted by atomic mass is 10.2. The van der Waals surface area contributed by atoms with Crippen LogP contribution >= 0.6 is 0 Å². The first kappa shape index (κ1) is 18.7. The molecule has 17 heavy (non-hydrogen) atoms. The highest BCUT2D eigenvalue weighted by molar-refractivity contribution is 5.62. The molecule has 0 saturated carbocycles. The number of aliphatic hydroxyl groups excluding tert-OH is 3. The van der Waals surface area contributed by atoms with Gasteiger partial charge in [0.25, 0.3) is 5.97 Å². The van der Waals surface area contributed by atoms with E-state index in [1.807, 2.05) is 4.90 Å². The zero-order valence-electron chi connectivity index (χ0n) is 11.0. The fourth-order valence-electron chi connectivity index (χ4n) is 1.34. The molecule has 0 bridgehead atoms. The number of hydrogen-bond acceptors (Lipinski definition) is 5. The maximum absolute atomic E-state index is 9.14. The van der Waals surface area contributed by atoms with Gasteiger partial charge in [-0.15, -0.1) is 0 Å². The minimum absolute atomic E-state index is 0.433. The molecule has 6 heteroatoms. The normalized spacial score (nSPS) is 15.8. The number of carboxylic acid groups (broad SMARTS) is 1. The SMILES string of the molecule is CC(=O)O.CC(O)CN(CC(C)O)CC(C)O. The molecule has 3 unspecified atom stereocenters. The van der Waals surface area contributed by atoms with E-state index >= 15 is 0 Å². The third-order valence-corrected chi connectivity index (χ3v) is 1.57. The van der Waals surface area contributed by atoms with E-state index in [-0.39, 0.29) is 0 Å². The number of aliphatic carboxylic acids is 1. The van der Waals surface area contributed by atoms with Crippen LogP contribution in [0.3, 0.4) is 0 Å². The Labute approximate surface area is 102 Å². The summed E-state index contributed by atoms with van der Waals surface area (Å²) in [6.45, 7) is 7.60. The van der Waals surface area contributed by atoms with Gasteiger partial charge in [-0.2, -0.15) is 0 Å². The van der Waals surface area contributed by atoms with Crippen LogP contribution in [0.2, 0.25) is 0 Å². The molecular weight excluding hydrogens is 226 g/mol. The molecule has 3 atom stereocenters. The van der Waals surface area contributed by atoms with Crippen molar-refractivity contribution in [2.45, 2.75) is 46.0 Å². The minimum Gasteiger partial charge on any atom is -0.481 e. The second-order valence-electron chi connectivity index (χ2n) is 4.28. The first-order valence-electron chi connectivity index (χ1n) is 5.61. The van der Waals surface area contributed by atoms with Crippen LogP contribution in [-0.4, -0.2) is 69.2 Å². The molecule has 0 aliphatic carbocycles. The van der Waals surface area contributed by atoms with E-state index in [0.717, 1.165) is 6.92 Å². The van der Waals surface area contributed by atoms with Crippen LogP contribution in [0.4, 0.5) is 0 Å². The Hall–Kier alpha value is -0.690. The van der Waals surface area contributed by atoms with E-state index in [9.17, 15) is 0 Å². The third-order valence-electron chi connectivity index (χ3n) is 1.57. The fraction of sp³-hybridized carbons (Fsp3) is 0.909. The van der Waals surface area contributed by atoms with Crippen molar-refractivity contribution in [3.8, 4) is 0 Å². The lowest BCUT2D eigenvalue weighted by Crippen LogP contribution is -2.40. The lowest BCUT2D eigenvalue weighted by molar-refractivity contribution is -0.134. The van der Waals surface area contributed by atoms with Crippen LogP contribution in [0.25, 0.3) is 0 Å². The monoisotopic (exact) mass is 251 g/mol. The van der Waals surface area contributed by atoms with Crippen LogP contribution in [0.15, 0.2) is 0 Å². The average Bonchev–Trinajstić information content (AvgIpc) is 1.96. The smallest absolute Gasteiger partial charge is 0.300 e. The molecule has 0 aromatic carbocycles. The second kappa shape index (κ2) is 10.5. The van der Waals surface area contributed by atoms with E-state index in [1.54, 1.807) is 20.8 Å². The summed E-state index contributed by atoms with van der Waals surface area (Å²) in [7, 11) is 0. The van der Waals surface area contributed by atoms with Crippen molar-refractivity contribution in [2.24, 2.45) is 0 Å². The largest absolute Gasteiger partial charge is 0.481 e. The number of carboxylic acids is 1. The maximum atomic E-state index is 9.14. The minimum atomic E-state index is -0.833. The molecule has 4 N–H and O–H groups in total. The first-order valence-corrected chi connectivity index (χ1v) is 5.61. The lowest BCUT2D eigenvalue weighted by Gasteiger charge is -2.25. The van der Waals surface area contributed by atoms with Gasteiger partial charge in [-0.1, -0.05) is 0 Å². The molecule has 0 fully saturated rings.